The van der Waals surface area contributed by atoms with Gasteiger partial charge in [0.05, 0.1) is 31.7 Å². The van der Waals surface area contributed by atoms with E-state index in [0.717, 1.165) is 9.87 Å². The summed E-state index contributed by atoms with van der Waals surface area (Å²) >= 11 is 0. The molecule has 0 radical (unpaired) electrons. The topological polar surface area (TPSA) is 103 Å². The highest BCUT2D eigenvalue weighted by Crippen LogP contribution is 2.35. The van der Waals surface area contributed by atoms with Crippen LogP contribution in [-0.4, -0.2) is 54.1 Å². The van der Waals surface area contributed by atoms with Crippen molar-refractivity contribution in [3.05, 3.63) is 42.0 Å². The standard InChI is InChI=1S/C22H28N2O7S/c1-5-32(26,27)24(17-7-9-19-21(13-17)31-11-10-30-19)14-22(25)23-15(2)16-6-8-18(28-3)20(12-16)29-4/h6-9,12-13,15H,5,10-11,14H2,1-4H3,(H,23,25)/t15-/m0/s1. The minimum atomic E-state index is -3.72. The number of anilines is 1. The highest BCUT2D eigenvalue weighted by molar-refractivity contribution is 7.92. The number of rotatable bonds is 9. The Morgan fingerprint density at radius 1 is 1.06 bits per heavy atom. The zero-order valence-electron chi connectivity index (χ0n) is 18.6. The summed E-state index contributed by atoms with van der Waals surface area (Å²) in [4.78, 5) is 12.8. The van der Waals surface area contributed by atoms with Gasteiger partial charge in [-0.05, 0) is 43.7 Å². The molecule has 0 saturated heterocycles. The zero-order chi connectivity index (χ0) is 23.3. The van der Waals surface area contributed by atoms with E-state index in [1.165, 1.54) is 14.0 Å². The Morgan fingerprint density at radius 3 is 2.41 bits per heavy atom. The number of sulfonamides is 1. The van der Waals surface area contributed by atoms with Crippen LogP contribution in [0.3, 0.4) is 0 Å². The molecule has 2 aromatic rings. The van der Waals surface area contributed by atoms with Crippen molar-refractivity contribution in [1.29, 1.82) is 0 Å². The third kappa shape index (κ3) is 5.18. The first-order valence-electron chi connectivity index (χ1n) is 10.2. The van der Waals surface area contributed by atoms with Gasteiger partial charge in [-0.25, -0.2) is 8.42 Å². The molecule has 1 N–H and O–H groups in total. The average molecular weight is 465 g/mol. The van der Waals surface area contributed by atoms with Crippen LogP contribution in [-0.2, 0) is 14.8 Å². The van der Waals surface area contributed by atoms with Crippen LogP contribution in [0, 0.1) is 0 Å². The van der Waals surface area contributed by atoms with Gasteiger partial charge in [0.2, 0.25) is 15.9 Å². The summed E-state index contributed by atoms with van der Waals surface area (Å²) in [5, 5.41) is 2.85. The van der Waals surface area contributed by atoms with E-state index in [4.69, 9.17) is 18.9 Å². The van der Waals surface area contributed by atoms with E-state index in [0.29, 0.717) is 41.9 Å². The minimum absolute atomic E-state index is 0.153. The van der Waals surface area contributed by atoms with Crippen molar-refractivity contribution < 1.29 is 32.2 Å². The number of ether oxygens (including phenoxy) is 4. The van der Waals surface area contributed by atoms with Crippen LogP contribution < -0.4 is 28.6 Å². The molecule has 3 rings (SSSR count). The lowest BCUT2D eigenvalue weighted by molar-refractivity contribution is -0.120. The predicted octanol–water partition coefficient (Wildman–Crippen LogP) is 2.51. The van der Waals surface area contributed by atoms with Crippen molar-refractivity contribution in [2.75, 3.05) is 44.0 Å². The molecule has 0 aromatic heterocycles. The van der Waals surface area contributed by atoms with Crippen LogP contribution in [0.25, 0.3) is 0 Å². The molecular weight excluding hydrogens is 436 g/mol. The molecule has 174 valence electrons. The number of carbonyl (C=O) groups is 1. The maximum atomic E-state index is 12.8. The molecule has 0 fully saturated rings. The van der Waals surface area contributed by atoms with E-state index >= 15 is 0 Å². The van der Waals surface area contributed by atoms with Crippen molar-refractivity contribution in [2.24, 2.45) is 0 Å². The fourth-order valence-electron chi connectivity index (χ4n) is 3.32. The largest absolute Gasteiger partial charge is 0.493 e. The summed E-state index contributed by atoms with van der Waals surface area (Å²) in [5.41, 5.74) is 1.13. The highest BCUT2D eigenvalue weighted by Gasteiger charge is 2.26. The van der Waals surface area contributed by atoms with Crippen molar-refractivity contribution in [3.8, 4) is 23.0 Å². The summed E-state index contributed by atoms with van der Waals surface area (Å²) in [6.45, 7) is 3.78. The predicted molar refractivity (Wildman–Crippen MR) is 120 cm³/mol. The van der Waals surface area contributed by atoms with Crippen LogP contribution in [0.5, 0.6) is 23.0 Å². The molecule has 32 heavy (non-hydrogen) atoms. The Balaban J connectivity index is 1.79. The summed E-state index contributed by atoms with van der Waals surface area (Å²) < 4.78 is 48.2. The Bertz CT molecular complexity index is 1070. The first-order chi connectivity index (χ1) is 15.3. The number of hydrogen-bond donors (Lipinski definition) is 1. The molecule has 1 atom stereocenters. The number of benzene rings is 2. The second kappa shape index (κ2) is 9.99. The lowest BCUT2D eigenvalue weighted by atomic mass is 10.1. The van der Waals surface area contributed by atoms with Crippen molar-refractivity contribution >= 4 is 21.6 Å². The van der Waals surface area contributed by atoms with Gasteiger partial charge in [-0.2, -0.15) is 0 Å². The Hall–Kier alpha value is -3.14. The van der Waals surface area contributed by atoms with Gasteiger partial charge < -0.3 is 24.3 Å². The number of carbonyl (C=O) groups excluding carboxylic acids is 1. The molecule has 1 aliphatic rings. The monoisotopic (exact) mass is 464 g/mol. The van der Waals surface area contributed by atoms with Crippen LogP contribution in [0.1, 0.15) is 25.5 Å². The number of amides is 1. The van der Waals surface area contributed by atoms with Gasteiger partial charge >= 0.3 is 0 Å². The molecule has 0 spiro atoms. The molecular formula is C22H28N2O7S. The number of nitrogens with zero attached hydrogens (tertiary/aromatic N) is 1. The molecule has 1 aliphatic heterocycles. The van der Waals surface area contributed by atoms with Gasteiger partial charge in [0, 0.05) is 6.07 Å². The second-order valence-corrected chi connectivity index (χ2v) is 9.32. The lowest BCUT2D eigenvalue weighted by Crippen LogP contribution is -2.42. The van der Waals surface area contributed by atoms with Gasteiger partial charge in [-0.3, -0.25) is 9.10 Å². The van der Waals surface area contributed by atoms with E-state index in [2.05, 4.69) is 5.32 Å². The molecule has 0 bridgehead atoms. The van der Waals surface area contributed by atoms with Crippen LogP contribution in [0.15, 0.2) is 36.4 Å². The van der Waals surface area contributed by atoms with E-state index in [1.54, 1.807) is 37.4 Å². The normalized spacial score (nSPS) is 13.8. The van der Waals surface area contributed by atoms with E-state index in [-0.39, 0.29) is 18.3 Å². The number of fused-ring (bicyclic) bond motifs is 1. The third-order valence-electron chi connectivity index (χ3n) is 5.09. The second-order valence-electron chi connectivity index (χ2n) is 7.14. The van der Waals surface area contributed by atoms with E-state index < -0.39 is 15.9 Å². The highest BCUT2D eigenvalue weighted by atomic mass is 32.2. The molecule has 0 saturated carbocycles. The van der Waals surface area contributed by atoms with Gasteiger partial charge in [0.15, 0.2) is 23.0 Å². The number of methoxy groups -OCH3 is 2. The van der Waals surface area contributed by atoms with E-state index in [9.17, 15) is 13.2 Å². The summed E-state index contributed by atoms with van der Waals surface area (Å²) in [6, 6.07) is 9.78. The van der Waals surface area contributed by atoms with Crippen LogP contribution in [0.4, 0.5) is 5.69 Å². The molecule has 0 unspecified atom stereocenters. The maximum absolute atomic E-state index is 12.8. The average Bonchev–Trinajstić information content (AvgIpc) is 2.81. The van der Waals surface area contributed by atoms with Gasteiger partial charge in [-0.15, -0.1) is 0 Å². The van der Waals surface area contributed by atoms with Crippen LogP contribution >= 0.6 is 0 Å². The van der Waals surface area contributed by atoms with Crippen molar-refractivity contribution in [1.82, 2.24) is 5.32 Å². The quantitative estimate of drug-likeness (QED) is 0.608. The van der Waals surface area contributed by atoms with Crippen LogP contribution in [0.2, 0.25) is 0 Å². The first-order valence-corrected chi connectivity index (χ1v) is 11.8. The molecule has 1 amide bonds. The lowest BCUT2D eigenvalue weighted by Gasteiger charge is -2.26. The molecule has 2 aromatic carbocycles. The van der Waals surface area contributed by atoms with Gasteiger partial charge in [0.1, 0.15) is 19.8 Å². The van der Waals surface area contributed by atoms with Gasteiger partial charge in [0.25, 0.3) is 0 Å². The molecule has 1 heterocycles. The SMILES string of the molecule is CCS(=O)(=O)N(CC(=O)N[C@@H](C)c1ccc(OC)c(OC)c1)c1ccc2c(c1)OCCO2. The fraction of sp³-hybridized carbons (Fsp3) is 0.409. The zero-order valence-corrected chi connectivity index (χ0v) is 19.4. The Morgan fingerprint density at radius 2 is 1.75 bits per heavy atom. The van der Waals surface area contributed by atoms with Crippen molar-refractivity contribution in [3.63, 3.8) is 0 Å². The van der Waals surface area contributed by atoms with E-state index in [1.807, 2.05) is 13.0 Å². The molecule has 9 nitrogen and oxygen atoms in total. The summed E-state index contributed by atoms with van der Waals surface area (Å²) in [6.07, 6.45) is 0. The smallest absolute Gasteiger partial charge is 0.241 e. The molecule has 10 heteroatoms. The number of nitrogens with one attached hydrogen (secondary N) is 1. The fourth-order valence-corrected chi connectivity index (χ4v) is 4.38. The first kappa shape index (κ1) is 23.5. The third-order valence-corrected chi connectivity index (χ3v) is 6.83. The maximum Gasteiger partial charge on any atom is 0.241 e. The number of hydrogen-bond acceptors (Lipinski definition) is 7. The Kier molecular flexibility index (Phi) is 7.34. The van der Waals surface area contributed by atoms with Gasteiger partial charge in [-0.1, -0.05) is 6.07 Å². The Labute approximate surface area is 188 Å². The summed E-state index contributed by atoms with van der Waals surface area (Å²) in [7, 11) is -0.637. The van der Waals surface area contributed by atoms with Crippen molar-refractivity contribution in [2.45, 2.75) is 19.9 Å². The molecule has 0 aliphatic carbocycles. The minimum Gasteiger partial charge on any atom is -0.493 e. The summed E-state index contributed by atoms with van der Waals surface area (Å²) in [5.74, 6) is 1.51.